The molecule has 0 atom stereocenters. The number of hydrogen-bond acceptors (Lipinski definition) is 8. The van der Waals surface area contributed by atoms with Crippen molar-refractivity contribution in [2.45, 2.75) is 42.6 Å². The predicted octanol–water partition coefficient (Wildman–Crippen LogP) is 3.98. The van der Waals surface area contributed by atoms with E-state index >= 15 is 0 Å². The van der Waals surface area contributed by atoms with E-state index in [9.17, 15) is 13.2 Å². The van der Waals surface area contributed by atoms with Gasteiger partial charge in [0.15, 0.2) is 10.8 Å². The Morgan fingerprint density at radius 2 is 2.03 bits per heavy atom. The highest BCUT2D eigenvalue weighted by Crippen LogP contribution is 2.31. The van der Waals surface area contributed by atoms with Crippen LogP contribution >= 0.6 is 22.7 Å². The maximum Gasteiger partial charge on any atom is 0.277 e. The summed E-state index contributed by atoms with van der Waals surface area (Å²) in [5, 5.41) is 9.55. The number of hydrogen-bond donors (Lipinski definition) is 2. The summed E-state index contributed by atoms with van der Waals surface area (Å²) in [6.45, 7) is 2.72. The molecule has 12 heteroatoms. The number of amides is 1. The van der Waals surface area contributed by atoms with Gasteiger partial charge in [0.05, 0.1) is 21.6 Å². The molecule has 1 saturated carbocycles. The zero-order chi connectivity index (χ0) is 23.3. The second-order valence-corrected chi connectivity index (χ2v) is 12.4. The lowest BCUT2D eigenvalue weighted by atomic mass is 10.3. The molecule has 1 amide bonds. The minimum atomic E-state index is -3.63. The number of sulfonamides is 1. The van der Waals surface area contributed by atoms with Crippen molar-refractivity contribution in [1.29, 1.82) is 0 Å². The van der Waals surface area contributed by atoms with Crippen LogP contribution in [-0.4, -0.2) is 46.6 Å². The van der Waals surface area contributed by atoms with Crippen LogP contribution in [-0.2, 0) is 23.1 Å². The third kappa shape index (κ3) is 4.33. The molecule has 4 heterocycles. The van der Waals surface area contributed by atoms with E-state index in [0.717, 1.165) is 47.8 Å². The van der Waals surface area contributed by atoms with E-state index in [2.05, 4.69) is 25.0 Å². The molecular weight excluding hydrogens is 492 g/mol. The highest BCUT2D eigenvalue weighted by atomic mass is 32.2. The first-order chi connectivity index (χ1) is 16.4. The van der Waals surface area contributed by atoms with Gasteiger partial charge in [0.1, 0.15) is 4.21 Å². The Bertz CT molecular complexity index is 1470. The van der Waals surface area contributed by atoms with Gasteiger partial charge in [-0.15, -0.1) is 11.3 Å². The molecule has 1 fully saturated rings. The average molecular weight is 515 g/mol. The third-order valence-corrected chi connectivity index (χ3v) is 9.67. The molecule has 0 spiro atoms. The van der Waals surface area contributed by atoms with Crippen molar-refractivity contribution in [2.75, 3.05) is 16.6 Å². The van der Waals surface area contributed by atoms with Crippen molar-refractivity contribution in [3.63, 3.8) is 0 Å². The Morgan fingerprint density at radius 1 is 1.15 bits per heavy atom. The predicted molar refractivity (Wildman–Crippen MR) is 133 cm³/mol. The molecule has 1 aromatic carbocycles. The average Bonchev–Trinajstić information content (AvgIpc) is 3.20. The lowest BCUT2D eigenvalue weighted by molar-refractivity contribution is 0.102. The number of aromatic nitrogens is 3. The number of thiazole rings is 1. The van der Waals surface area contributed by atoms with E-state index in [0.29, 0.717) is 28.1 Å². The summed E-state index contributed by atoms with van der Waals surface area (Å²) in [5.74, 6) is -0.295. The minimum Gasteiger partial charge on any atom is -0.296 e. The van der Waals surface area contributed by atoms with Gasteiger partial charge in [0.2, 0.25) is 0 Å². The third-order valence-electron chi connectivity index (χ3n) is 5.96. The minimum absolute atomic E-state index is 0.253. The highest BCUT2D eigenvalue weighted by molar-refractivity contribution is 7.94. The van der Waals surface area contributed by atoms with Crippen molar-refractivity contribution in [1.82, 2.24) is 19.7 Å². The smallest absolute Gasteiger partial charge is 0.277 e. The Labute approximate surface area is 204 Å². The largest absolute Gasteiger partial charge is 0.296 e. The van der Waals surface area contributed by atoms with Crippen molar-refractivity contribution >= 4 is 59.6 Å². The number of benzene rings is 1. The van der Waals surface area contributed by atoms with Gasteiger partial charge in [-0.1, -0.05) is 17.4 Å². The second-order valence-electron chi connectivity index (χ2n) is 8.49. The fraction of sp³-hybridized carbons (Fsp3) is 0.318. The zero-order valence-corrected chi connectivity index (χ0v) is 20.5. The van der Waals surface area contributed by atoms with Crippen molar-refractivity contribution in [2.24, 2.45) is 0 Å². The van der Waals surface area contributed by atoms with Gasteiger partial charge in [0.25, 0.3) is 15.9 Å². The quantitative estimate of drug-likeness (QED) is 0.403. The first-order valence-corrected chi connectivity index (χ1v) is 14.2. The molecule has 9 nitrogen and oxygen atoms in total. The molecule has 4 aromatic rings. The summed E-state index contributed by atoms with van der Waals surface area (Å²) in [4.78, 5) is 19.8. The number of nitrogens with zero attached hydrogens (tertiary/aromatic N) is 4. The Morgan fingerprint density at radius 3 is 2.82 bits per heavy atom. The molecule has 34 heavy (non-hydrogen) atoms. The Balaban J connectivity index is 1.18. The molecular formula is C22H22N6O3S3. The van der Waals surface area contributed by atoms with Crippen LogP contribution in [0.4, 0.5) is 10.8 Å². The van der Waals surface area contributed by atoms with Crippen LogP contribution < -0.4 is 10.0 Å². The van der Waals surface area contributed by atoms with E-state index in [1.54, 1.807) is 35.7 Å². The number of carbonyl (C=O) groups is 1. The van der Waals surface area contributed by atoms with E-state index in [4.69, 9.17) is 0 Å². The van der Waals surface area contributed by atoms with Crippen LogP contribution in [0.5, 0.6) is 0 Å². The summed E-state index contributed by atoms with van der Waals surface area (Å²) in [6.07, 6.45) is 3.55. The summed E-state index contributed by atoms with van der Waals surface area (Å²) >= 11 is 2.45. The molecule has 0 saturated heterocycles. The summed E-state index contributed by atoms with van der Waals surface area (Å²) in [7, 11) is -3.63. The summed E-state index contributed by atoms with van der Waals surface area (Å²) < 4.78 is 30.5. The SMILES string of the molecule is O=C(Nc1nc2ccc(NS(=O)(=O)c3cccs3)cc2s1)c1cc2n(n1)CCCN(C1CC1)C2. The van der Waals surface area contributed by atoms with Crippen LogP contribution in [0.1, 0.15) is 35.4 Å². The van der Waals surface area contributed by atoms with Gasteiger partial charge in [-0.05, 0) is 55.0 Å². The topological polar surface area (TPSA) is 109 Å². The summed E-state index contributed by atoms with van der Waals surface area (Å²) in [5.41, 5.74) is 2.58. The van der Waals surface area contributed by atoms with Crippen LogP contribution in [0, 0.1) is 0 Å². The monoisotopic (exact) mass is 514 g/mol. The van der Waals surface area contributed by atoms with Crippen molar-refractivity contribution in [3.05, 3.63) is 53.2 Å². The molecule has 0 radical (unpaired) electrons. The van der Waals surface area contributed by atoms with Gasteiger partial charge in [-0.25, -0.2) is 13.4 Å². The van der Waals surface area contributed by atoms with E-state index in [-0.39, 0.29) is 10.1 Å². The van der Waals surface area contributed by atoms with E-state index < -0.39 is 10.0 Å². The van der Waals surface area contributed by atoms with Gasteiger partial charge in [0, 0.05) is 25.7 Å². The second kappa shape index (κ2) is 8.45. The van der Waals surface area contributed by atoms with Crippen LogP contribution in [0.2, 0.25) is 0 Å². The Kier molecular flexibility index (Phi) is 5.40. The summed E-state index contributed by atoms with van der Waals surface area (Å²) in [6, 6.07) is 10.9. The molecule has 2 N–H and O–H groups in total. The lowest BCUT2D eigenvalue weighted by Crippen LogP contribution is -2.25. The van der Waals surface area contributed by atoms with E-state index in [1.165, 1.54) is 24.2 Å². The molecule has 2 aliphatic rings. The van der Waals surface area contributed by atoms with Crippen molar-refractivity contribution < 1.29 is 13.2 Å². The molecule has 6 rings (SSSR count). The number of carbonyl (C=O) groups excluding carboxylic acids is 1. The molecule has 0 bridgehead atoms. The van der Waals surface area contributed by atoms with Crippen LogP contribution in [0.3, 0.4) is 0 Å². The molecule has 1 aliphatic heterocycles. The first-order valence-electron chi connectivity index (χ1n) is 11.0. The number of rotatable bonds is 6. The van der Waals surface area contributed by atoms with Gasteiger partial charge in [-0.2, -0.15) is 5.10 Å². The number of fused-ring (bicyclic) bond motifs is 2. The van der Waals surface area contributed by atoms with Crippen molar-refractivity contribution in [3.8, 4) is 0 Å². The Hall–Kier alpha value is -2.80. The van der Waals surface area contributed by atoms with Crippen LogP contribution in [0.25, 0.3) is 10.2 Å². The standard InChI is InChI=1S/C22H22N6O3S3/c29-21(18-12-16-13-27(15-5-6-15)8-2-9-28(16)25-18)24-22-23-17-7-4-14(11-19(17)33-22)26-34(30,31)20-3-1-10-32-20/h1,3-4,7,10-12,15,26H,2,5-6,8-9,13H2,(H,23,24,29). The van der Waals surface area contributed by atoms with E-state index in [1.807, 2.05) is 10.7 Å². The lowest BCUT2D eigenvalue weighted by Gasteiger charge is -2.18. The molecule has 176 valence electrons. The van der Waals surface area contributed by atoms with Gasteiger partial charge in [-0.3, -0.25) is 24.4 Å². The first kappa shape index (κ1) is 21.7. The number of anilines is 2. The maximum atomic E-state index is 12.9. The van der Waals surface area contributed by atoms with Gasteiger partial charge >= 0.3 is 0 Å². The highest BCUT2D eigenvalue weighted by Gasteiger charge is 2.31. The molecule has 3 aromatic heterocycles. The number of nitrogens with one attached hydrogen (secondary N) is 2. The fourth-order valence-corrected chi connectivity index (χ4v) is 7.12. The number of aryl methyl sites for hydroxylation is 1. The van der Waals surface area contributed by atoms with Crippen LogP contribution in [0.15, 0.2) is 46.0 Å². The zero-order valence-electron chi connectivity index (χ0n) is 18.1. The normalized spacial score (nSPS) is 16.8. The van der Waals surface area contributed by atoms with Gasteiger partial charge < -0.3 is 0 Å². The fourth-order valence-electron chi connectivity index (χ4n) is 4.17. The maximum absolute atomic E-state index is 12.9. The molecule has 0 unspecified atom stereocenters. The molecule has 1 aliphatic carbocycles. The number of thiophene rings is 1.